The summed E-state index contributed by atoms with van der Waals surface area (Å²) in [6.07, 6.45) is 0.375. The summed E-state index contributed by atoms with van der Waals surface area (Å²) < 4.78 is 27.6. The summed E-state index contributed by atoms with van der Waals surface area (Å²) in [5.41, 5.74) is 1.36. The molecule has 4 rings (SSSR count). The lowest BCUT2D eigenvalue weighted by Crippen LogP contribution is -2.54. The van der Waals surface area contributed by atoms with Crippen LogP contribution in [0.5, 0.6) is 0 Å². The van der Waals surface area contributed by atoms with Gasteiger partial charge in [0.15, 0.2) is 0 Å². The number of amides is 3. The average Bonchev–Trinajstić information content (AvgIpc) is 3.10. The number of nitrogens with zero attached hydrogens (tertiary/aromatic N) is 2. The van der Waals surface area contributed by atoms with Crippen LogP contribution in [-0.4, -0.2) is 53.5 Å². The largest absolute Gasteiger partial charge is 0.350 e. The van der Waals surface area contributed by atoms with Gasteiger partial charge in [-0.3, -0.25) is 14.4 Å². The molecule has 0 aromatic heterocycles. The van der Waals surface area contributed by atoms with E-state index in [9.17, 15) is 22.8 Å². The van der Waals surface area contributed by atoms with Crippen LogP contribution in [0.3, 0.4) is 0 Å². The molecule has 0 saturated heterocycles. The molecule has 3 aromatic carbocycles. The van der Waals surface area contributed by atoms with Gasteiger partial charge in [-0.25, -0.2) is 12.7 Å². The standard InChI is InChI=1S/C31H34BrN3O5S/c1-31(2,3)33-29(37)26(20-22-11-5-4-6-12-22)34(21-23-13-9-14-24(32)19-23)28(36)17-10-18-35-30(38)25-15-7-8-16-27(25)41(35,39)40/h4-9,11-16,19,26H,10,17-18,20-21H2,1-3H3,(H,33,37). The van der Waals surface area contributed by atoms with Crippen molar-refractivity contribution in [3.8, 4) is 0 Å². The predicted octanol–water partition coefficient (Wildman–Crippen LogP) is 4.93. The SMILES string of the molecule is CC(C)(C)NC(=O)C(Cc1ccccc1)N(Cc1cccc(Br)c1)C(=O)CCCN1C(=O)c2ccccc2S1(=O)=O. The fourth-order valence-corrected chi connectivity index (χ4v) is 6.86. The van der Waals surface area contributed by atoms with Crippen LogP contribution >= 0.6 is 15.9 Å². The molecule has 216 valence electrons. The van der Waals surface area contributed by atoms with Crippen LogP contribution in [0.1, 0.15) is 55.1 Å². The Hall–Kier alpha value is -3.50. The van der Waals surface area contributed by atoms with Crippen LogP contribution < -0.4 is 5.32 Å². The summed E-state index contributed by atoms with van der Waals surface area (Å²) in [4.78, 5) is 41.9. The molecule has 0 fully saturated rings. The minimum absolute atomic E-state index is 0.0191. The van der Waals surface area contributed by atoms with Crippen LogP contribution in [0, 0.1) is 0 Å². The van der Waals surface area contributed by atoms with E-state index < -0.39 is 27.5 Å². The lowest BCUT2D eigenvalue weighted by molar-refractivity contribution is -0.142. The Kier molecular flexibility index (Phi) is 9.34. The Balaban J connectivity index is 1.58. The smallest absolute Gasteiger partial charge is 0.269 e. The van der Waals surface area contributed by atoms with Gasteiger partial charge < -0.3 is 10.2 Å². The first kappa shape index (κ1) is 30.5. The van der Waals surface area contributed by atoms with Gasteiger partial charge >= 0.3 is 0 Å². The van der Waals surface area contributed by atoms with Gasteiger partial charge in [-0.05, 0) is 62.6 Å². The molecule has 8 nitrogen and oxygen atoms in total. The van der Waals surface area contributed by atoms with E-state index >= 15 is 0 Å². The number of hydrogen-bond acceptors (Lipinski definition) is 5. The van der Waals surface area contributed by atoms with Gasteiger partial charge in [-0.1, -0.05) is 70.5 Å². The van der Waals surface area contributed by atoms with Crippen molar-refractivity contribution in [3.63, 3.8) is 0 Å². The number of sulfonamides is 1. The molecule has 1 atom stereocenters. The molecular formula is C31H34BrN3O5S. The zero-order valence-corrected chi connectivity index (χ0v) is 25.7. The highest BCUT2D eigenvalue weighted by Gasteiger charge is 2.40. The Morgan fingerprint density at radius 2 is 1.61 bits per heavy atom. The highest BCUT2D eigenvalue weighted by Crippen LogP contribution is 2.30. The maximum Gasteiger partial charge on any atom is 0.269 e. The number of carbonyl (C=O) groups excluding carboxylic acids is 3. The summed E-state index contributed by atoms with van der Waals surface area (Å²) in [7, 11) is -3.97. The van der Waals surface area contributed by atoms with E-state index in [2.05, 4.69) is 21.2 Å². The Morgan fingerprint density at radius 1 is 0.951 bits per heavy atom. The molecule has 1 aliphatic heterocycles. The molecule has 0 radical (unpaired) electrons. The van der Waals surface area contributed by atoms with Crippen molar-refractivity contribution in [1.82, 2.24) is 14.5 Å². The number of nitrogens with one attached hydrogen (secondary N) is 1. The van der Waals surface area contributed by atoms with Gasteiger partial charge in [0.1, 0.15) is 10.9 Å². The summed E-state index contributed by atoms with van der Waals surface area (Å²) in [5, 5.41) is 3.03. The first-order valence-corrected chi connectivity index (χ1v) is 15.7. The molecule has 10 heteroatoms. The molecule has 41 heavy (non-hydrogen) atoms. The van der Waals surface area contributed by atoms with Crippen molar-refractivity contribution in [2.75, 3.05) is 6.54 Å². The third kappa shape index (κ3) is 7.42. The average molecular weight is 641 g/mol. The molecule has 1 heterocycles. The fraction of sp³-hybridized carbons (Fsp3) is 0.323. The summed E-state index contributed by atoms with van der Waals surface area (Å²) >= 11 is 3.48. The number of rotatable bonds is 10. The number of fused-ring (bicyclic) bond motifs is 1. The second kappa shape index (κ2) is 12.6. The van der Waals surface area contributed by atoms with Crippen LogP contribution in [-0.2, 0) is 32.6 Å². The maximum absolute atomic E-state index is 13.9. The van der Waals surface area contributed by atoms with E-state index in [-0.39, 0.29) is 48.2 Å². The molecular weight excluding hydrogens is 606 g/mol. The van der Waals surface area contributed by atoms with Gasteiger partial charge in [0.25, 0.3) is 15.9 Å². The Morgan fingerprint density at radius 3 is 2.27 bits per heavy atom. The van der Waals surface area contributed by atoms with Crippen LogP contribution in [0.25, 0.3) is 0 Å². The first-order valence-electron chi connectivity index (χ1n) is 13.4. The van der Waals surface area contributed by atoms with E-state index in [4.69, 9.17) is 0 Å². The van der Waals surface area contributed by atoms with Gasteiger partial charge in [0.05, 0.1) is 5.56 Å². The lowest BCUT2D eigenvalue weighted by atomic mass is 10.00. The molecule has 3 aromatic rings. The second-order valence-corrected chi connectivity index (χ2v) is 13.8. The monoisotopic (exact) mass is 639 g/mol. The topological polar surface area (TPSA) is 104 Å². The second-order valence-electron chi connectivity index (χ2n) is 11.1. The number of halogens is 1. The van der Waals surface area contributed by atoms with E-state index in [0.717, 1.165) is 19.9 Å². The first-order chi connectivity index (χ1) is 19.4. The van der Waals surface area contributed by atoms with Gasteiger partial charge in [0, 0.05) is 35.9 Å². The Bertz CT molecular complexity index is 1540. The van der Waals surface area contributed by atoms with Crippen LogP contribution in [0.4, 0.5) is 0 Å². The van der Waals surface area contributed by atoms with Gasteiger partial charge in [0.2, 0.25) is 11.8 Å². The summed E-state index contributed by atoms with van der Waals surface area (Å²) in [6.45, 7) is 5.70. The fourth-order valence-electron chi connectivity index (χ4n) is 4.81. The zero-order valence-electron chi connectivity index (χ0n) is 23.3. The van der Waals surface area contributed by atoms with Crippen molar-refractivity contribution >= 4 is 43.7 Å². The Labute approximate surface area is 249 Å². The van der Waals surface area contributed by atoms with Crippen LogP contribution in [0.15, 0.2) is 88.2 Å². The molecule has 1 aliphatic rings. The van der Waals surface area contributed by atoms with E-state index in [0.29, 0.717) is 6.42 Å². The molecule has 0 spiro atoms. The van der Waals surface area contributed by atoms with E-state index in [1.807, 2.05) is 75.4 Å². The number of hydrogen-bond donors (Lipinski definition) is 1. The van der Waals surface area contributed by atoms with Gasteiger partial charge in [-0.15, -0.1) is 0 Å². The number of carbonyl (C=O) groups is 3. The molecule has 0 bridgehead atoms. The van der Waals surface area contributed by atoms with Gasteiger partial charge in [-0.2, -0.15) is 0 Å². The van der Waals surface area contributed by atoms with E-state index in [1.165, 1.54) is 12.1 Å². The minimum atomic E-state index is -3.97. The summed E-state index contributed by atoms with van der Waals surface area (Å²) in [5.74, 6) is -1.18. The lowest BCUT2D eigenvalue weighted by Gasteiger charge is -2.34. The number of benzene rings is 3. The zero-order chi connectivity index (χ0) is 29.8. The third-order valence-electron chi connectivity index (χ3n) is 6.68. The highest BCUT2D eigenvalue weighted by atomic mass is 79.9. The van der Waals surface area contributed by atoms with Crippen molar-refractivity contribution in [1.29, 1.82) is 0 Å². The molecule has 1 N–H and O–H groups in total. The normalized spacial score (nSPS) is 14.8. The maximum atomic E-state index is 13.9. The third-order valence-corrected chi connectivity index (χ3v) is 9.01. The van der Waals surface area contributed by atoms with Crippen molar-refractivity contribution in [2.24, 2.45) is 0 Å². The molecule has 0 aliphatic carbocycles. The highest BCUT2D eigenvalue weighted by molar-refractivity contribution is 9.10. The quantitative estimate of drug-likeness (QED) is 0.339. The summed E-state index contributed by atoms with van der Waals surface area (Å²) in [6, 6.07) is 22.3. The van der Waals surface area contributed by atoms with Crippen molar-refractivity contribution < 1.29 is 22.8 Å². The molecule has 0 saturated carbocycles. The van der Waals surface area contributed by atoms with Crippen molar-refractivity contribution in [3.05, 3.63) is 100 Å². The van der Waals surface area contributed by atoms with Crippen molar-refractivity contribution in [2.45, 2.75) is 63.1 Å². The minimum Gasteiger partial charge on any atom is -0.350 e. The molecule has 1 unspecified atom stereocenters. The molecule has 3 amide bonds. The van der Waals surface area contributed by atoms with E-state index in [1.54, 1.807) is 17.0 Å². The van der Waals surface area contributed by atoms with Crippen LogP contribution in [0.2, 0.25) is 0 Å². The predicted molar refractivity (Wildman–Crippen MR) is 160 cm³/mol.